The molecule has 0 aromatic rings. The largest absolute Gasteiger partial charge is 0.394 e. The topological polar surface area (TPSA) is 79.2 Å². The summed E-state index contributed by atoms with van der Waals surface area (Å²) in [6, 6.07) is 0. The number of hydrogen-bond donors (Lipinski definition) is 3. The van der Waals surface area contributed by atoms with Crippen molar-refractivity contribution in [3.05, 3.63) is 12.2 Å². The van der Waals surface area contributed by atoms with Crippen LogP contribution in [-0.2, 0) is 9.47 Å². The van der Waals surface area contributed by atoms with Crippen molar-refractivity contribution in [3.8, 4) is 0 Å². The van der Waals surface area contributed by atoms with E-state index in [2.05, 4.69) is 19.1 Å². The number of rotatable bonds is 12. The van der Waals surface area contributed by atoms with Crippen LogP contribution in [0.5, 0.6) is 0 Å². The molecule has 0 radical (unpaired) electrons. The fraction of sp³-hybridized carbons (Fsp3) is 0.882. The highest BCUT2D eigenvalue weighted by Crippen LogP contribution is 2.21. The van der Waals surface area contributed by atoms with Gasteiger partial charge in [0, 0.05) is 6.61 Å². The van der Waals surface area contributed by atoms with Crippen LogP contribution in [0.4, 0.5) is 0 Å². The van der Waals surface area contributed by atoms with Crippen LogP contribution in [0.1, 0.15) is 51.9 Å². The van der Waals surface area contributed by atoms with Crippen molar-refractivity contribution < 1.29 is 24.8 Å². The molecule has 1 heterocycles. The maximum atomic E-state index is 9.80. The van der Waals surface area contributed by atoms with Crippen LogP contribution in [0.25, 0.3) is 0 Å². The Kier molecular flexibility index (Phi) is 10.7. The molecule has 130 valence electrons. The van der Waals surface area contributed by atoms with Crippen LogP contribution in [0, 0.1) is 0 Å². The molecule has 0 saturated carbocycles. The molecular formula is C17H32O5. The maximum absolute atomic E-state index is 9.80. The Labute approximate surface area is 133 Å². The molecule has 1 rings (SSSR count). The van der Waals surface area contributed by atoms with Gasteiger partial charge in [0.2, 0.25) is 0 Å². The second kappa shape index (κ2) is 12.0. The summed E-state index contributed by atoms with van der Waals surface area (Å²) in [7, 11) is 0. The lowest BCUT2D eigenvalue weighted by atomic mass is 10.1. The molecular weight excluding hydrogens is 284 g/mol. The Hall–Kier alpha value is -0.460. The molecule has 1 aliphatic rings. The molecule has 3 N–H and O–H groups in total. The van der Waals surface area contributed by atoms with Gasteiger partial charge < -0.3 is 24.8 Å². The average molecular weight is 316 g/mol. The van der Waals surface area contributed by atoms with E-state index in [4.69, 9.17) is 14.6 Å². The van der Waals surface area contributed by atoms with Crippen molar-refractivity contribution in [2.24, 2.45) is 0 Å². The van der Waals surface area contributed by atoms with Gasteiger partial charge in [-0.05, 0) is 25.7 Å². The van der Waals surface area contributed by atoms with Crippen molar-refractivity contribution in [2.75, 3.05) is 19.8 Å². The van der Waals surface area contributed by atoms with Gasteiger partial charge in [-0.1, -0.05) is 38.3 Å². The van der Waals surface area contributed by atoms with Crippen molar-refractivity contribution in [3.63, 3.8) is 0 Å². The molecule has 0 unspecified atom stereocenters. The number of aliphatic hydroxyl groups is 3. The van der Waals surface area contributed by atoms with E-state index in [0.29, 0.717) is 6.61 Å². The van der Waals surface area contributed by atoms with Crippen LogP contribution in [0.3, 0.4) is 0 Å². The highest BCUT2D eigenvalue weighted by Gasteiger charge is 2.40. The van der Waals surface area contributed by atoms with Gasteiger partial charge in [0.1, 0.15) is 24.4 Å². The summed E-state index contributed by atoms with van der Waals surface area (Å²) in [4.78, 5) is 0. The van der Waals surface area contributed by atoms with Crippen LogP contribution in [0.15, 0.2) is 12.2 Å². The van der Waals surface area contributed by atoms with E-state index in [9.17, 15) is 10.2 Å². The standard InChI is InChI=1S/C17H32O5/c1-2-3-4-5-6-7-8-9-10-11-21-17-15(20)13-22-16(17)14(19)12-18/h3-4,14-20H,2,5-13H2,1H3/b4-3+/t14-,15+,16+,17+/m0/s1. The number of hydrogen-bond acceptors (Lipinski definition) is 5. The lowest BCUT2D eigenvalue weighted by Gasteiger charge is -2.23. The summed E-state index contributed by atoms with van der Waals surface area (Å²) in [6.07, 6.45) is 9.53. The molecule has 22 heavy (non-hydrogen) atoms. The predicted molar refractivity (Wildman–Crippen MR) is 85.7 cm³/mol. The second-order valence-electron chi connectivity index (χ2n) is 5.89. The number of allylic oxidation sites excluding steroid dienone is 2. The van der Waals surface area contributed by atoms with E-state index in [0.717, 1.165) is 25.7 Å². The van der Waals surface area contributed by atoms with Crippen molar-refractivity contribution in [1.82, 2.24) is 0 Å². The lowest BCUT2D eigenvalue weighted by Crippen LogP contribution is -2.42. The lowest BCUT2D eigenvalue weighted by molar-refractivity contribution is -0.0938. The van der Waals surface area contributed by atoms with Gasteiger partial charge in [-0.15, -0.1) is 0 Å². The fourth-order valence-corrected chi connectivity index (χ4v) is 2.66. The summed E-state index contributed by atoms with van der Waals surface area (Å²) in [6.45, 7) is 2.46. The smallest absolute Gasteiger partial charge is 0.114 e. The van der Waals surface area contributed by atoms with E-state index in [1.54, 1.807) is 0 Å². The van der Waals surface area contributed by atoms with Crippen LogP contribution in [0.2, 0.25) is 0 Å². The molecule has 0 aromatic heterocycles. The van der Waals surface area contributed by atoms with Crippen molar-refractivity contribution in [1.29, 1.82) is 0 Å². The molecule has 1 fully saturated rings. The third-order valence-electron chi connectivity index (χ3n) is 3.96. The molecule has 0 aromatic carbocycles. The SMILES string of the molecule is CC/C=C/CCCCCCCO[C@H]1[C@@H]([C@@H](O)CO)OC[C@H]1O. The first kappa shape index (κ1) is 19.6. The molecule has 5 nitrogen and oxygen atoms in total. The Balaban J connectivity index is 2.04. The highest BCUT2D eigenvalue weighted by molar-refractivity contribution is 4.89. The van der Waals surface area contributed by atoms with Gasteiger partial charge in [0.05, 0.1) is 13.2 Å². The summed E-state index contributed by atoms with van der Waals surface area (Å²) >= 11 is 0. The molecule has 0 aliphatic carbocycles. The monoisotopic (exact) mass is 316 g/mol. The Morgan fingerprint density at radius 2 is 1.91 bits per heavy atom. The third kappa shape index (κ3) is 7.20. The Morgan fingerprint density at radius 1 is 1.18 bits per heavy atom. The van der Waals surface area contributed by atoms with E-state index in [-0.39, 0.29) is 13.2 Å². The van der Waals surface area contributed by atoms with Crippen molar-refractivity contribution >= 4 is 0 Å². The summed E-state index contributed by atoms with van der Waals surface area (Å²) in [5.41, 5.74) is 0. The predicted octanol–water partition coefficient (Wildman–Crippen LogP) is 1.79. The minimum Gasteiger partial charge on any atom is -0.394 e. The van der Waals surface area contributed by atoms with E-state index >= 15 is 0 Å². The molecule has 1 aliphatic heterocycles. The fourth-order valence-electron chi connectivity index (χ4n) is 2.66. The van der Waals surface area contributed by atoms with Gasteiger partial charge in [-0.2, -0.15) is 0 Å². The highest BCUT2D eigenvalue weighted by atomic mass is 16.6. The van der Waals surface area contributed by atoms with E-state index in [1.807, 2.05) is 0 Å². The van der Waals surface area contributed by atoms with Crippen LogP contribution >= 0.6 is 0 Å². The summed E-state index contributed by atoms with van der Waals surface area (Å²) in [5, 5.41) is 28.4. The first-order valence-electron chi connectivity index (χ1n) is 8.55. The van der Waals surface area contributed by atoms with Crippen LogP contribution in [-0.4, -0.2) is 59.6 Å². The Morgan fingerprint density at radius 3 is 2.64 bits per heavy atom. The van der Waals surface area contributed by atoms with E-state index in [1.165, 1.54) is 19.3 Å². The number of unbranched alkanes of at least 4 members (excludes halogenated alkanes) is 5. The van der Waals surface area contributed by atoms with Gasteiger partial charge in [0.25, 0.3) is 0 Å². The van der Waals surface area contributed by atoms with Gasteiger partial charge in [-0.25, -0.2) is 0 Å². The molecule has 5 heteroatoms. The number of ether oxygens (including phenoxy) is 2. The van der Waals surface area contributed by atoms with Crippen LogP contribution < -0.4 is 0 Å². The van der Waals surface area contributed by atoms with Gasteiger partial charge >= 0.3 is 0 Å². The zero-order valence-corrected chi connectivity index (χ0v) is 13.7. The second-order valence-corrected chi connectivity index (χ2v) is 5.89. The number of aliphatic hydroxyl groups excluding tert-OH is 3. The van der Waals surface area contributed by atoms with Gasteiger partial charge in [-0.3, -0.25) is 0 Å². The minimum absolute atomic E-state index is 0.150. The molecule has 4 atom stereocenters. The normalized spacial score (nSPS) is 26.8. The zero-order valence-electron chi connectivity index (χ0n) is 13.7. The first-order valence-corrected chi connectivity index (χ1v) is 8.55. The molecule has 0 bridgehead atoms. The molecule has 1 saturated heterocycles. The molecule has 0 spiro atoms. The zero-order chi connectivity index (χ0) is 16.2. The minimum atomic E-state index is -1.00. The van der Waals surface area contributed by atoms with Crippen molar-refractivity contribution in [2.45, 2.75) is 76.3 Å². The Bertz CT molecular complexity index is 295. The van der Waals surface area contributed by atoms with E-state index < -0.39 is 24.4 Å². The summed E-state index contributed by atoms with van der Waals surface area (Å²) in [5.74, 6) is 0. The average Bonchev–Trinajstić information content (AvgIpc) is 2.89. The third-order valence-corrected chi connectivity index (χ3v) is 3.96. The first-order chi connectivity index (χ1) is 10.7. The quantitative estimate of drug-likeness (QED) is 0.378. The summed E-state index contributed by atoms with van der Waals surface area (Å²) < 4.78 is 10.9. The maximum Gasteiger partial charge on any atom is 0.114 e. The molecule has 0 amide bonds. The van der Waals surface area contributed by atoms with Gasteiger partial charge in [0.15, 0.2) is 0 Å².